The van der Waals surface area contributed by atoms with Crippen molar-refractivity contribution in [1.29, 1.82) is 0 Å². The molecule has 0 aliphatic carbocycles. The summed E-state index contributed by atoms with van der Waals surface area (Å²) in [5, 5.41) is 14.4. The van der Waals surface area contributed by atoms with E-state index in [1.54, 1.807) is 36.4 Å². The largest absolute Gasteiger partial charge is 0.491 e. The van der Waals surface area contributed by atoms with Crippen LogP contribution in [-0.4, -0.2) is 28.2 Å². The predicted molar refractivity (Wildman–Crippen MR) is 104 cm³/mol. The molecule has 0 bridgehead atoms. The minimum Gasteiger partial charge on any atom is -0.491 e. The molecule has 0 aliphatic heterocycles. The van der Waals surface area contributed by atoms with Gasteiger partial charge in [-0.1, -0.05) is 19.1 Å². The summed E-state index contributed by atoms with van der Waals surface area (Å²) < 4.78 is 5.71. The van der Waals surface area contributed by atoms with Crippen molar-refractivity contribution in [3.8, 4) is 5.75 Å². The summed E-state index contributed by atoms with van der Waals surface area (Å²) in [6.07, 6.45) is 0.914. The van der Waals surface area contributed by atoms with E-state index in [-0.39, 0.29) is 22.7 Å². The van der Waals surface area contributed by atoms with Crippen LogP contribution in [0.4, 0.5) is 5.69 Å². The highest BCUT2D eigenvalue weighted by Crippen LogP contribution is 2.16. The second-order valence-electron chi connectivity index (χ2n) is 5.66. The van der Waals surface area contributed by atoms with Crippen LogP contribution in [0, 0.1) is 0 Å². The molecule has 0 aliphatic rings. The Labute approximate surface area is 157 Å². The molecule has 3 N–H and O–H groups in total. The molecule has 2 rings (SSSR count). The Hall–Kier alpha value is -2.93. The molecule has 0 heterocycles. The average Bonchev–Trinajstić information content (AvgIpc) is 2.61. The van der Waals surface area contributed by atoms with Gasteiger partial charge < -0.3 is 15.2 Å². The van der Waals surface area contributed by atoms with E-state index < -0.39 is 5.97 Å². The lowest BCUT2D eigenvalue weighted by atomic mass is 10.2. The van der Waals surface area contributed by atoms with E-state index >= 15 is 0 Å². The van der Waals surface area contributed by atoms with Crippen LogP contribution in [0.1, 0.15) is 41.0 Å². The molecule has 1 amide bonds. The maximum Gasteiger partial charge on any atom is 0.335 e. The van der Waals surface area contributed by atoms with E-state index in [4.69, 9.17) is 22.1 Å². The first-order chi connectivity index (χ1) is 12.4. The van der Waals surface area contributed by atoms with Gasteiger partial charge >= 0.3 is 5.97 Å². The summed E-state index contributed by atoms with van der Waals surface area (Å²) in [7, 11) is 0. The number of thiocarbonyl (C=S) groups is 1. The highest BCUT2D eigenvalue weighted by Gasteiger charge is 2.11. The molecule has 0 fully saturated rings. The lowest BCUT2D eigenvalue weighted by Gasteiger charge is -2.14. The molecule has 7 heteroatoms. The third-order valence-corrected chi connectivity index (χ3v) is 3.81. The summed E-state index contributed by atoms with van der Waals surface area (Å²) in [5.74, 6) is -0.812. The number of benzene rings is 2. The van der Waals surface area contributed by atoms with E-state index in [0.29, 0.717) is 17.0 Å². The lowest BCUT2D eigenvalue weighted by Crippen LogP contribution is -2.34. The second kappa shape index (κ2) is 8.96. The first-order valence-electron chi connectivity index (χ1n) is 8.11. The maximum absolute atomic E-state index is 12.3. The molecular weight excluding hydrogens is 352 g/mol. The standard InChI is InChI=1S/C19H20N2O4S/c1-3-12(2)25-16-9-5-6-13(11-16)17(22)21-19(26)20-15-8-4-7-14(10-15)18(23)24/h4-12H,3H2,1-2H3,(H,23,24)(H2,20,21,22,26)/t12-/m1/s1. The number of anilines is 1. The number of amides is 1. The van der Waals surface area contributed by atoms with E-state index in [2.05, 4.69) is 10.6 Å². The first-order valence-corrected chi connectivity index (χ1v) is 8.52. The fraction of sp³-hybridized carbons (Fsp3) is 0.211. The van der Waals surface area contributed by atoms with Crippen LogP contribution in [-0.2, 0) is 0 Å². The Kier molecular flexibility index (Phi) is 6.68. The number of carbonyl (C=O) groups is 2. The fourth-order valence-corrected chi connectivity index (χ4v) is 2.30. The number of rotatable bonds is 6. The fourth-order valence-electron chi connectivity index (χ4n) is 2.09. The van der Waals surface area contributed by atoms with E-state index in [0.717, 1.165) is 6.42 Å². The zero-order chi connectivity index (χ0) is 19.1. The smallest absolute Gasteiger partial charge is 0.335 e. The summed E-state index contributed by atoms with van der Waals surface area (Å²) in [4.78, 5) is 23.3. The molecule has 2 aromatic carbocycles. The third kappa shape index (κ3) is 5.56. The van der Waals surface area contributed by atoms with E-state index in [1.807, 2.05) is 13.8 Å². The van der Waals surface area contributed by atoms with Crippen LogP contribution >= 0.6 is 12.2 Å². The Morgan fingerprint density at radius 1 is 1.15 bits per heavy atom. The van der Waals surface area contributed by atoms with Crippen LogP contribution in [0.3, 0.4) is 0 Å². The zero-order valence-electron chi connectivity index (χ0n) is 14.5. The van der Waals surface area contributed by atoms with Gasteiger partial charge in [-0.2, -0.15) is 0 Å². The average molecular weight is 372 g/mol. The van der Waals surface area contributed by atoms with Crippen LogP contribution in [0.15, 0.2) is 48.5 Å². The van der Waals surface area contributed by atoms with Crippen LogP contribution in [0.5, 0.6) is 5.75 Å². The number of carboxylic acids is 1. The van der Waals surface area contributed by atoms with Crippen molar-refractivity contribution >= 4 is 34.9 Å². The maximum atomic E-state index is 12.3. The highest BCUT2D eigenvalue weighted by atomic mass is 32.1. The van der Waals surface area contributed by atoms with Gasteiger partial charge in [-0.25, -0.2) is 4.79 Å². The highest BCUT2D eigenvalue weighted by molar-refractivity contribution is 7.80. The molecule has 26 heavy (non-hydrogen) atoms. The van der Waals surface area contributed by atoms with Crippen LogP contribution in [0.25, 0.3) is 0 Å². The van der Waals surface area contributed by atoms with Crippen molar-refractivity contribution in [3.05, 3.63) is 59.7 Å². The van der Waals surface area contributed by atoms with Gasteiger partial charge in [-0.15, -0.1) is 0 Å². The van der Waals surface area contributed by atoms with Crippen molar-refractivity contribution in [1.82, 2.24) is 5.32 Å². The van der Waals surface area contributed by atoms with Gasteiger partial charge in [0.05, 0.1) is 11.7 Å². The lowest BCUT2D eigenvalue weighted by molar-refractivity contribution is 0.0696. The number of hydrogen-bond donors (Lipinski definition) is 3. The molecule has 2 aromatic rings. The summed E-state index contributed by atoms with van der Waals surface area (Å²) in [6, 6.07) is 13.0. The molecule has 0 unspecified atom stereocenters. The summed E-state index contributed by atoms with van der Waals surface area (Å²) in [6.45, 7) is 3.97. The van der Waals surface area contributed by atoms with Crippen molar-refractivity contribution in [2.24, 2.45) is 0 Å². The normalized spacial score (nSPS) is 11.3. The zero-order valence-corrected chi connectivity index (χ0v) is 15.3. The van der Waals surface area contributed by atoms with Crippen molar-refractivity contribution in [2.75, 3.05) is 5.32 Å². The molecule has 0 aromatic heterocycles. The number of carboxylic acid groups (broad SMARTS) is 1. The van der Waals surface area contributed by atoms with Crippen molar-refractivity contribution in [2.45, 2.75) is 26.4 Å². The minimum absolute atomic E-state index is 0.0533. The quantitative estimate of drug-likeness (QED) is 0.671. The van der Waals surface area contributed by atoms with Crippen molar-refractivity contribution in [3.63, 3.8) is 0 Å². The van der Waals surface area contributed by atoms with Crippen molar-refractivity contribution < 1.29 is 19.4 Å². The molecule has 0 spiro atoms. The number of ether oxygens (including phenoxy) is 1. The van der Waals surface area contributed by atoms with Crippen LogP contribution < -0.4 is 15.4 Å². The number of aromatic carboxylic acids is 1. The summed E-state index contributed by atoms with van der Waals surface area (Å²) >= 11 is 5.12. The Morgan fingerprint density at radius 2 is 1.85 bits per heavy atom. The predicted octanol–water partition coefficient (Wildman–Crippen LogP) is 3.69. The number of hydrogen-bond acceptors (Lipinski definition) is 4. The molecule has 136 valence electrons. The first kappa shape index (κ1) is 19.4. The van der Waals surface area contributed by atoms with Gasteiger partial charge in [0.1, 0.15) is 5.75 Å². The molecule has 1 atom stereocenters. The van der Waals surface area contributed by atoms with Gasteiger partial charge in [0, 0.05) is 11.3 Å². The van der Waals surface area contributed by atoms with Gasteiger partial charge in [0.15, 0.2) is 5.11 Å². The Balaban J connectivity index is 2.01. The number of carbonyl (C=O) groups excluding carboxylic acids is 1. The molecule has 0 radical (unpaired) electrons. The van der Waals surface area contributed by atoms with Gasteiger partial charge in [0.2, 0.25) is 0 Å². The molecule has 0 saturated carbocycles. The molecular formula is C19H20N2O4S. The molecule has 0 saturated heterocycles. The van der Waals surface area contributed by atoms with Gasteiger partial charge in [-0.3, -0.25) is 10.1 Å². The van der Waals surface area contributed by atoms with Gasteiger partial charge in [0.25, 0.3) is 5.91 Å². The van der Waals surface area contributed by atoms with Crippen LogP contribution in [0.2, 0.25) is 0 Å². The Bertz CT molecular complexity index is 823. The topological polar surface area (TPSA) is 87.7 Å². The van der Waals surface area contributed by atoms with E-state index in [9.17, 15) is 9.59 Å². The third-order valence-electron chi connectivity index (χ3n) is 3.60. The SMILES string of the molecule is CC[C@@H](C)Oc1cccc(C(=O)NC(=S)Nc2cccc(C(=O)O)c2)c1. The summed E-state index contributed by atoms with van der Waals surface area (Å²) in [5.41, 5.74) is 1.01. The minimum atomic E-state index is -1.04. The Morgan fingerprint density at radius 3 is 2.54 bits per heavy atom. The second-order valence-corrected chi connectivity index (χ2v) is 6.07. The molecule has 6 nitrogen and oxygen atoms in total. The monoisotopic (exact) mass is 372 g/mol. The van der Waals surface area contributed by atoms with Gasteiger partial charge in [-0.05, 0) is 62.0 Å². The number of nitrogens with one attached hydrogen (secondary N) is 2. The van der Waals surface area contributed by atoms with E-state index in [1.165, 1.54) is 12.1 Å².